The molecule has 2 saturated heterocycles. The lowest BCUT2D eigenvalue weighted by atomic mass is 9.58. The van der Waals surface area contributed by atoms with Gasteiger partial charge in [-0.3, -0.25) is 19.2 Å². The van der Waals surface area contributed by atoms with Crippen LogP contribution >= 0.6 is 0 Å². The molecular weight excluding hydrogens is 519 g/mol. The summed E-state index contributed by atoms with van der Waals surface area (Å²) in [4.78, 5) is 57.5. The minimum absolute atomic E-state index is 0.0120. The maximum Gasteiger partial charge on any atom is 0.397 e. The van der Waals surface area contributed by atoms with Gasteiger partial charge in [-0.05, 0) is 38.0 Å². The van der Waals surface area contributed by atoms with Gasteiger partial charge in [0.1, 0.15) is 23.9 Å². The first-order valence-corrected chi connectivity index (χ1v) is 13.2. The smallest absolute Gasteiger partial charge is 0.397 e. The van der Waals surface area contributed by atoms with Crippen LogP contribution in [0.5, 0.6) is 0 Å². The predicted octanol–water partition coefficient (Wildman–Crippen LogP) is 0.666. The number of esters is 1. The standard InChI is InChI=1S/C27H34BN4O8/c1-15(2)14-20(28-32(4)22(26(36)38-5)23(39-28)27(37)40-28)30-25(35)21(16(3)33)31-24(34)19-13-9-12-18(29-19)17-10-7-6-8-11-17/h6-13,15-16,20-23,33H,14H2,1-5H3,(H,30,35)(H,31,34)/q-1/t16-,20?,21+,22-,23-,28?/m1/s1. The van der Waals surface area contributed by atoms with Crippen molar-refractivity contribution in [1.29, 1.82) is 0 Å². The highest BCUT2D eigenvalue weighted by Gasteiger charge is 2.64. The van der Waals surface area contributed by atoms with Crippen molar-refractivity contribution in [2.45, 2.75) is 57.4 Å². The van der Waals surface area contributed by atoms with Crippen molar-refractivity contribution in [3.05, 3.63) is 54.2 Å². The second-order valence-electron chi connectivity index (χ2n) is 10.6. The average Bonchev–Trinajstić information content (AvgIpc) is 3.43. The van der Waals surface area contributed by atoms with E-state index in [4.69, 9.17) is 14.0 Å². The van der Waals surface area contributed by atoms with Crippen LogP contribution in [0, 0.1) is 5.92 Å². The summed E-state index contributed by atoms with van der Waals surface area (Å²) in [6, 6.07) is 11.9. The third-order valence-corrected chi connectivity index (χ3v) is 7.26. The second kappa shape index (κ2) is 11.7. The fourth-order valence-corrected chi connectivity index (χ4v) is 5.29. The van der Waals surface area contributed by atoms with E-state index in [1.54, 1.807) is 19.2 Å². The molecule has 13 heteroatoms. The van der Waals surface area contributed by atoms with Gasteiger partial charge in [0.25, 0.3) is 11.9 Å². The van der Waals surface area contributed by atoms with E-state index in [-0.39, 0.29) is 11.6 Å². The number of methoxy groups -OCH3 is 1. The summed E-state index contributed by atoms with van der Waals surface area (Å²) in [5.41, 5.74) is 1.45. The number of hydrogen-bond donors (Lipinski definition) is 3. The number of rotatable bonds is 10. The molecule has 40 heavy (non-hydrogen) atoms. The number of carbonyl (C=O) groups excluding carboxylic acids is 4. The zero-order valence-electron chi connectivity index (χ0n) is 23.1. The number of carbonyl (C=O) groups is 4. The Labute approximate surface area is 232 Å². The maximum atomic E-state index is 13.5. The molecule has 4 rings (SSSR count). The van der Waals surface area contributed by atoms with Gasteiger partial charge in [-0.15, -0.1) is 0 Å². The number of aliphatic hydroxyl groups is 1. The summed E-state index contributed by atoms with van der Waals surface area (Å²) in [5.74, 6) is -3.64. The van der Waals surface area contributed by atoms with Crippen molar-refractivity contribution in [2.75, 3.05) is 14.2 Å². The highest BCUT2D eigenvalue weighted by molar-refractivity contribution is 6.71. The molecule has 0 saturated carbocycles. The van der Waals surface area contributed by atoms with E-state index in [1.165, 1.54) is 24.9 Å². The highest BCUT2D eigenvalue weighted by atomic mass is 16.7. The van der Waals surface area contributed by atoms with Gasteiger partial charge in [-0.25, -0.2) is 4.98 Å². The molecule has 214 valence electrons. The molecule has 2 fully saturated rings. The number of benzene rings is 1. The van der Waals surface area contributed by atoms with E-state index in [0.717, 1.165) is 5.56 Å². The van der Waals surface area contributed by atoms with Crippen LogP contribution in [0.15, 0.2) is 48.5 Å². The fourth-order valence-electron chi connectivity index (χ4n) is 5.29. The normalized spacial score (nSPS) is 24.2. The summed E-state index contributed by atoms with van der Waals surface area (Å²) in [6.45, 7) is 2.55. The molecule has 2 aliphatic rings. The minimum atomic E-state index is -2.63. The topological polar surface area (TPSA) is 156 Å². The third kappa shape index (κ3) is 5.58. The maximum absolute atomic E-state index is 13.5. The Morgan fingerprint density at radius 2 is 1.80 bits per heavy atom. The average molecular weight is 553 g/mol. The summed E-state index contributed by atoms with van der Waals surface area (Å²) in [6.07, 6.45) is -2.17. The number of hydrogen-bond acceptors (Lipinski definition) is 10. The van der Waals surface area contributed by atoms with Crippen LogP contribution in [0.2, 0.25) is 0 Å². The Bertz CT molecular complexity index is 1280. The zero-order chi connectivity index (χ0) is 29.2. The number of ether oxygens (including phenoxy) is 1. The monoisotopic (exact) mass is 553 g/mol. The van der Waals surface area contributed by atoms with Crippen LogP contribution in [0.25, 0.3) is 11.3 Å². The van der Waals surface area contributed by atoms with Crippen molar-refractivity contribution in [3.63, 3.8) is 0 Å². The molecule has 2 aromatic rings. The van der Waals surface area contributed by atoms with Crippen molar-refractivity contribution >= 4 is 30.4 Å². The number of fused-ring (bicyclic) bond motifs is 2. The molecule has 2 aliphatic heterocycles. The van der Waals surface area contributed by atoms with Gasteiger partial charge < -0.3 is 34.6 Å². The highest BCUT2D eigenvalue weighted by Crippen LogP contribution is 2.40. The number of likely N-dealkylation sites (N-methyl/N-ethyl adjacent to an activating group) is 1. The summed E-state index contributed by atoms with van der Waals surface area (Å²) in [5, 5.41) is 15.8. The van der Waals surface area contributed by atoms with Crippen molar-refractivity contribution in [3.8, 4) is 11.3 Å². The Hall–Kier alpha value is -3.81. The molecule has 1 aromatic heterocycles. The third-order valence-electron chi connectivity index (χ3n) is 7.26. The fraction of sp³-hybridized carbons (Fsp3) is 0.444. The Morgan fingerprint density at radius 1 is 1.10 bits per heavy atom. The van der Waals surface area contributed by atoms with Crippen LogP contribution in [0.3, 0.4) is 0 Å². The molecule has 0 radical (unpaired) electrons. The summed E-state index contributed by atoms with van der Waals surface area (Å²) in [7, 11) is 2.77. The van der Waals surface area contributed by atoms with E-state index >= 15 is 0 Å². The largest absolute Gasteiger partial charge is 0.650 e. The summed E-state index contributed by atoms with van der Waals surface area (Å²) >= 11 is 0. The molecule has 2 amide bonds. The van der Waals surface area contributed by atoms with E-state index < -0.39 is 60.7 Å². The number of amides is 2. The van der Waals surface area contributed by atoms with E-state index in [0.29, 0.717) is 12.1 Å². The lowest BCUT2D eigenvalue weighted by Crippen LogP contribution is -2.70. The van der Waals surface area contributed by atoms with Gasteiger partial charge in [0.05, 0.1) is 18.9 Å². The SMILES string of the molecule is COC(=O)[C@H]1[C@H]2O[B-](C(CC(C)C)NC(=O)[C@@H](NC(=O)c3cccc(-c4ccccc4)n3)[C@@H](C)O)(OC2=O)N1C. The van der Waals surface area contributed by atoms with Crippen molar-refractivity contribution < 1.29 is 38.3 Å². The molecule has 2 bridgehead atoms. The first-order valence-electron chi connectivity index (χ1n) is 13.2. The molecule has 2 unspecified atom stereocenters. The Morgan fingerprint density at radius 3 is 2.42 bits per heavy atom. The van der Waals surface area contributed by atoms with Crippen molar-refractivity contribution in [2.24, 2.45) is 5.92 Å². The van der Waals surface area contributed by atoms with E-state index in [1.807, 2.05) is 44.2 Å². The van der Waals surface area contributed by atoms with Gasteiger partial charge in [-0.1, -0.05) is 56.7 Å². The molecule has 6 atom stereocenters. The van der Waals surface area contributed by atoms with Crippen LogP contribution in [0.4, 0.5) is 0 Å². The van der Waals surface area contributed by atoms with Crippen molar-refractivity contribution in [1.82, 2.24) is 20.4 Å². The van der Waals surface area contributed by atoms with Crippen LogP contribution in [-0.2, 0) is 28.4 Å². The summed E-state index contributed by atoms with van der Waals surface area (Å²) < 4.78 is 16.5. The molecule has 3 heterocycles. The lowest BCUT2D eigenvalue weighted by Gasteiger charge is -2.48. The number of pyridine rings is 1. The minimum Gasteiger partial charge on any atom is -0.650 e. The molecule has 0 spiro atoms. The van der Waals surface area contributed by atoms with Crippen LogP contribution in [0.1, 0.15) is 37.7 Å². The number of nitrogens with zero attached hydrogens (tertiary/aromatic N) is 2. The molecule has 0 aliphatic carbocycles. The first-order chi connectivity index (χ1) is 19.0. The number of aliphatic hydroxyl groups excluding tert-OH is 1. The van der Waals surface area contributed by atoms with Gasteiger partial charge in [0, 0.05) is 5.56 Å². The quantitative estimate of drug-likeness (QED) is 0.282. The molecule has 3 N–H and O–H groups in total. The van der Waals surface area contributed by atoms with Gasteiger partial charge in [0.2, 0.25) is 5.91 Å². The molecule has 1 aromatic carbocycles. The number of nitrogens with one attached hydrogen (secondary N) is 2. The first kappa shape index (κ1) is 29.2. The molecular formula is C27H34BN4O8-. The predicted molar refractivity (Wildman–Crippen MR) is 144 cm³/mol. The van der Waals surface area contributed by atoms with Gasteiger partial charge in [-0.2, -0.15) is 0 Å². The van der Waals surface area contributed by atoms with Gasteiger partial charge >= 0.3 is 12.7 Å². The Balaban J connectivity index is 1.55. The zero-order valence-corrected chi connectivity index (χ0v) is 23.1. The van der Waals surface area contributed by atoms with E-state index in [2.05, 4.69) is 15.6 Å². The van der Waals surface area contributed by atoms with Crippen LogP contribution in [-0.4, -0.2) is 89.7 Å². The number of aromatic nitrogens is 1. The lowest BCUT2D eigenvalue weighted by molar-refractivity contribution is -0.153. The van der Waals surface area contributed by atoms with Gasteiger partial charge in [0.15, 0.2) is 0 Å². The van der Waals surface area contributed by atoms with E-state index in [9.17, 15) is 24.3 Å². The second-order valence-corrected chi connectivity index (χ2v) is 10.6. The van der Waals surface area contributed by atoms with Crippen LogP contribution < -0.4 is 10.6 Å². The molecule has 12 nitrogen and oxygen atoms in total. The Kier molecular flexibility index (Phi) is 8.57.